The minimum absolute atomic E-state index is 0.249. The van der Waals surface area contributed by atoms with E-state index < -0.39 is 6.51 Å². The van der Waals surface area contributed by atoms with Crippen LogP contribution in [0.3, 0.4) is 0 Å². The van der Waals surface area contributed by atoms with Gasteiger partial charge in [-0.3, -0.25) is 0 Å². The van der Waals surface area contributed by atoms with Crippen LogP contribution in [-0.2, 0) is 6.51 Å². The van der Waals surface area contributed by atoms with Crippen LogP contribution >= 0.6 is 15.8 Å². The standard InChI is InChI=1S/C15H27P2.C5H5.Fe/c1-14(2,3)16(7)12-10-9-11-13(12)17(8)15(4,5)6;1-2-4-5-3-1;/h9-11H,1-8H3;1-5H;. The van der Waals surface area contributed by atoms with Gasteiger partial charge in [0.15, 0.2) is 0 Å². The van der Waals surface area contributed by atoms with E-state index in [1.807, 2.05) is 0 Å². The molecular formula is C20H32FeP2. The van der Waals surface area contributed by atoms with Gasteiger partial charge < -0.3 is 0 Å². The van der Waals surface area contributed by atoms with Crippen LogP contribution in [0.1, 0.15) is 41.5 Å². The molecule has 0 saturated carbocycles. The van der Waals surface area contributed by atoms with E-state index in [1.165, 1.54) is 38.5 Å². The Labute approximate surface area is 134 Å². The zero-order chi connectivity index (χ0) is 16.1. The Hall–Kier alpha value is 1.38. The maximum atomic E-state index is 2.84. The molecule has 23 heavy (non-hydrogen) atoms. The van der Waals surface area contributed by atoms with E-state index in [0.29, 0.717) is 10.3 Å². The second-order valence-corrected chi connectivity index (χ2v) is 45.5. The molecule has 0 amide bonds. The molecule has 1 spiro atoms. The molecule has 0 bridgehead atoms. The number of rotatable bonds is 2. The molecule has 0 radical (unpaired) electrons. The van der Waals surface area contributed by atoms with Gasteiger partial charge in [0, 0.05) is 0 Å². The third-order valence-corrected chi connectivity index (χ3v) is 76.7. The fourth-order valence-electron chi connectivity index (χ4n) is 19.2. The summed E-state index contributed by atoms with van der Waals surface area (Å²) in [6, 6.07) is 0. The molecule has 0 aromatic rings. The average Bonchev–Trinajstić information content (AvgIpc) is 3.35. The van der Waals surface area contributed by atoms with Crippen LogP contribution in [0.2, 0.25) is 38.5 Å². The summed E-state index contributed by atoms with van der Waals surface area (Å²) in [4.78, 5) is 11.9. The van der Waals surface area contributed by atoms with Crippen molar-refractivity contribution in [2.45, 2.75) is 98.5 Å². The van der Waals surface area contributed by atoms with Crippen molar-refractivity contribution in [2.75, 3.05) is 13.3 Å². The van der Waals surface area contributed by atoms with Crippen molar-refractivity contribution >= 4 is 15.8 Å². The van der Waals surface area contributed by atoms with E-state index in [0.717, 1.165) is 8.11 Å². The summed E-state index contributed by atoms with van der Waals surface area (Å²) < 4.78 is 2.21. The summed E-state index contributed by atoms with van der Waals surface area (Å²) in [5, 5.41) is 1.24. The summed E-state index contributed by atoms with van der Waals surface area (Å²) in [6.45, 7) is 18.3. The van der Waals surface area contributed by atoms with E-state index >= 15 is 0 Å². The van der Waals surface area contributed by atoms with Gasteiger partial charge in [-0.25, -0.2) is 0 Å². The summed E-state index contributed by atoms with van der Waals surface area (Å²) in [5.74, 6) is 0. The number of hydrogen-bond acceptors (Lipinski definition) is 0. The van der Waals surface area contributed by atoms with Crippen LogP contribution in [0.15, 0.2) is 0 Å². The van der Waals surface area contributed by atoms with Crippen molar-refractivity contribution < 1.29 is 6.51 Å². The summed E-state index contributed by atoms with van der Waals surface area (Å²) in [5.41, 5.74) is 0. The Morgan fingerprint density at radius 3 is 1.09 bits per heavy atom. The van der Waals surface area contributed by atoms with Crippen molar-refractivity contribution in [3.8, 4) is 0 Å². The fraction of sp³-hybridized carbons (Fsp3) is 1.00. The van der Waals surface area contributed by atoms with Crippen molar-refractivity contribution in [2.24, 2.45) is 0 Å². The van der Waals surface area contributed by atoms with Crippen LogP contribution in [0, 0.1) is 0 Å². The molecule has 6 atom stereocenters. The Balaban J connectivity index is 1.44. The van der Waals surface area contributed by atoms with E-state index in [9.17, 15) is 0 Å². The first-order valence-corrected chi connectivity index (χ1v) is 19.7. The first kappa shape index (κ1) is 12.0. The predicted molar refractivity (Wildman–Crippen MR) is 101 cm³/mol. The van der Waals surface area contributed by atoms with Gasteiger partial charge >= 0.3 is 134 Å². The predicted octanol–water partition coefficient (Wildman–Crippen LogP) is 7.01. The Kier molecular flexibility index (Phi) is 0.604. The van der Waals surface area contributed by atoms with Crippen molar-refractivity contribution in [3.05, 3.63) is 0 Å². The Morgan fingerprint density at radius 2 is 0.913 bits per heavy atom. The molecule has 10 saturated heterocycles. The van der Waals surface area contributed by atoms with Gasteiger partial charge in [-0.15, -0.1) is 0 Å². The van der Waals surface area contributed by atoms with Gasteiger partial charge in [0.1, 0.15) is 0 Å². The zero-order valence-corrected chi connectivity index (χ0v) is 18.8. The first-order valence-electron chi connectivity index (χ1n) is 9.94. The van der Waals surface area contributed by atoms with Gasteiger partial charge in [-0.2, -0.15) is 0 Å². The molecule has 10 heterocycles. The van der Waals surface area contributed by atoms with Gasteiger partial charge in [-0.05, 0) is 0 Å². The summed E-state index contributed by atoms with van der Waals surface area (Å²) >= 11 is 0. The van der Waals surface area contributed by atoms with Crippen LogP contribution in [-0.4, -0.2) is 31.8 Å². The number of fused-ring (bicyclic) bond motifs is 10. The molecule has 3 heteroatoms. The summed E-state index contributed by atoms with van der Waals surface area (Å²) in [7, 11) is 0.498. The van der Waals surface area contributed by atoms with E-state index in [1.54, 1.807) is 0 Å². The van der Waals surface area contributed by atoms with Crippen LogP contribution in [0.5, 0.6) is 0 Å². The molecule has 0 N–H and O–H groups in total. The molecule has 10 fully saturated rings. The number of hydrogen-bond donors (Lipinski definition) is 0. The monoisotopic (exact) mass is 390 g/mol. The molecule has 0 aliphatic carbocycles. The topological polar surface area (TPSA) is 0 Å². The third-order valence-electron chi connectivity index (χ3n) is 17.7. The van der Waals surface area contributed by atoms with Gasteiger partial charge in [-0.1, -0.05) is 0 Å². The Morgan fingerprint density at radius 1 is 0.609 bits per heavy atom. The molecule has 0 aromatic heterocycles. The first-order chi connectivity index (χ1) is 10.2. The normalized spacial score (nSPS) is 99.0. The van der Waals surface area contributed by atoms with E-state index in [-0.39, 0.29) is 15.8 Å². The van der Waals surface area contributed by atoms with Crippen molar-refractivity contribution in [3.63, 3.8) is 0 Å². The molecule has 10 rings (SSSR count). The quantitative estimate of drug-likeness (QED) is 0.351. The summed E-state index contributed by atoms with van der Waals surface area (Å²) in [6.07, 6.45) is 0. The van der Waals surface area contributed by atoms with Gasteiger partial charge in [0.05, 0.1) is 0 Å². The molecular weight excluding hydrogens is 358 g/mol. The minimum atomic E-state index is -3.15. The third kappa shape index (κ3) is 0.168. The molecule has 130 valence electrons. The maximum absolute atomic E-state index is 3.15. The zero-order valence-electron chi connectivity index (χ0n) is 15.9. The molecule has 10 aliphatic heterocycles. The second kappa shape index (κ2) is 1.16. The second-order valence-electron chi connectivity index (χ2n) is 15.1. The average molecular weight is 390 g/mol. The molecule has 6 unspecified atom stereocenters. The van der Waals surface area contributed by atoms with Crippen LogP contribution in [0.4, 0.5) is 0 Å². The van der Waals surface area contributed by atoms with Crippen molar-refractivity contribution in [1.29, 1.82) is 0 Å². The SMILES string of the molecule is CP(C(C)(C)C)[C]12[CH]3[CH]4[CH]5[C]1(P(C)C(C)(C)C)[Fe]43521678[CH]2[CH]1[CH]6[CH]7[CH]28. The molecule has 10 aliphatic rings. The van der Waals surface area contributed by atoms with Crippen molar-refractivity contribution in [1.82, 2.24) is 0 Å². The van der Waals surface area contributed by atoms with Gasteiger partial charge in [0.2, 0.25) is 0 Å². The molecule has 0 aromatic carbocycles. The van der Waals surface area contributed by atoms with E-state index in [4.69, 9.17) is 0 Å². The Bertz CT molecular complexity index is 1070. The fourth-order valence-corrected chi connectivity index (χ4v) is 129. The van der Waals surface area contributed by atoms with E-state index in [2.05, 4.69) is 54.9 Å². The van der Waals surface area contributed by atoms with Gasteiger partial charge in [0.25, 0.3) is 0 Å². The molecule has 0 nitrogen and oxygen atoms in total. The van der Waals surface area contributed by atoms with Crippen LogP contribution in [0.25, 0.3) is 0 Å². The van der Waals surface area contributed by atoms with Crippen LogP contribution < -0.4 is 0 Å².